The SMILES string of the molecule is CCNc1cc(CC)nc(-c2cn(C)nc2C(C)(C)C)n1. The van der Waals surface area contributed by atoms with Crippen LogP contribution in [-0.2, 0) is 18.9 Å². The van der Waals surface area contributed by atoms with E-state index in [4.69, 9.17) is 0 Å². The summed E-state index contributed by atoms with van der Waals surface area (Å²) in [6.07, 6.45) is 2.89. The second-order valence-corrected chi connectivity index (χ2v) is 6.27. The number of hydrogen-bond acceptors (Lipinski definition) is 4. The maximum atomic E-state index is 4.69. The van der Waals surface area contributed by atoms with Crippen molar-refractivity contribution in [1.82, 2.24) is 19.7 Å². The van der Waals surface area contributed by atoms with Crippen LogP contribution < -0.4 is 5.32 Å². The van der Waals surface area contributed by atoms with E-state index in [-0.39, 0.29) is 5.41 Å². The molecule has 114 valence electrons. The van der Waals surface area contributed by atoms with E-state index < -0.39 is 0 Å². The third-order valence-electron chi connectivity index (χ3n) is 3.28. The molecule has 0 atom stereocenters. The minimum Gasteiger partial charge on any atom is -0.370 e. The quantitative estimate of drug-likeness (QED) is 0.938. The molecule has 21 heavy (non-hydrogen) atoms. The molecule has 0 aliphatic rings. The van der Waals surface area contributed by atoms with Gasteiger partial charge < -0.3 is 5.32 Å². The van der Waals surface area contributed by atoms with Gasteiger partial charge in [0.15, 0.2) is 5.82 Å². The van der Waals surface area contributed by atoms with Crippen molar-refractivity contribution in [2.45, 2.75) is 46.5 Å². The Morgan fingerprint density at radius 1 is 1.19 bits per heavy atom. The molecule has 2 rings (SSSR count). The molecule has 5 heteroatoms. The van der Waals surface area contributed by atoms with Crippen molar-refractivity contribution in [3.05, 3.63) is 23.7 Å². The Balaban J connectivity index is 2.58. The van der Waals surface area contributed by atoms with E-state index in [1.165, 1.54) is 0 Å². The summed E-state index contributed by atoms with van der Waals surface area (Å²) < 4.78 is 1.84. The second kappa shape index (κ2) is 5.84. The molecule has 0 saturated heterocycles. The van der Waals surface area contributed by atoms with Gasteiger partial charge in [0.2, 0.25) is 0 Å². The zero-order chi connectivity index (χ0) is 15.6. The third kappa shape index (κ3) is 3.40. The summed E-state index contributed by atoms with van der Waals surface area (Å²) in [5.74, 6) is 1.63. The molecule has 0 fully saturated rings. The lowest BCUT2D eigenvalue weighted by molar-refractivity contribution is 0.554. The Morgan fingerprint density at radius 3 is 2.48 bits per heavy atom. The van der Waals surface area contributed by atoms with Crippen LogP contribution >= 0.6 is 0 Å². The third-order valence-corrected chi connectivity index (χ3v) is 3.28. The molecule has 0 aliphatic carbocycles. The minimum atomic E-state index is -0.0411. The van der Waals surface area contributed by atoms with Crippen LogP contribution in [0.25, 0.3) is 11.4 Å². The molecule has 2 aromatic rings. The Hall–Kier alpha value is -1.91. The maximum absolute atomic E-state index is 4.69. The fourth-order valence-electron chi connectivity index (χ4n) is 2.28. The van der Waals surface area contributed by atoms with Crippen molar-refractivity contribution in [1.29, 1.82) is 0 Å². The number of nitrogens with zero attached hydrogens (tertiary/aromatic N) is 4. The van der Waals surface area contributed by atoms with Crippen molar-refractivity contribution < 1.29 is 0 Å². The highest BCUT2D eigenvalue weighted by Crippen LogP contribution is 2.30. The van der Waals surface area contributed by atoms with Crippen molar-refractivity contribution in [3.63, 3.8) is 0 Å². The van der Waals surface area contributed by atoms with Gasteiger partial charge in [0.1, 0.15) is 5.82 Å². The summed E-state index contributed by atoms with van der Waals surface area (Å²) >= 11 is 0. The first-order valence-corrected chi connectivity index (χ1v) is 7.51. The first-order chi connectivity index (χ1) is 9.85. The van der Waals surface area contributed by atoms with E-state index in [1.807, 2.05) is 24.0 Å². The summed E-state index contributed by atoms with van der Waals surface area (Å²) in [6.45, 7) is 11.5. The molecular formula is C16H25N5. The molecule has 0 spiro atoms. The van der Waals surface area contributed by atoms with Gasteiger partial charge in [0, 0.05) is 37.0 Å². The maximum Gasteiger partial charge on any atom is 0.165 e. The second-order valence-electron chi connectivity index (χ2n) is 6.27. The fourth-order valence-corrected chi connectivity index (χ4v) is 2.28. The summed E-state index contributed by atoms with van der Waals surface area (Å²) in [6, 6.07) is 2.01. The first-order valence-electron chi connectivity index (χ1n) is 7.51. The predicted molar refractivity (Wildman–Crippen MR) is 86.5 cm³/mol. The van der Waals surface area contributed by atoms with Gasteiger partial charge in [-0.25, -0.2) is 9.97 Å². The van der Waals surface area contributed by atoms with Crippen molar-refractivity contribution >= 4 is 5.82 Å². The highest BCUT2D eigenvalue weighted by Gasteiger charge is 2.24. The van der Waals surface area contributed by atoms with Gasteiger partial charge in [-0.15, -0.1) is 0 Å². The van der Waals surface area contributed by atoms with Crippen LogP contribution in [0.5, 0.6) is 0 Å². The van der Waals surface area contributed by atoms with E-state index in [1.54, 1.807) is 0 Å². The zero-order valence-electron chi connectivity index (χ0n) is 13.9. The largest absolute Gasteiger partial charge is 0.370 e. The average Bonchev–Trinajstić information content (AvgIpc) is 2.81. The van der Waals surface area contributed by atoms with Gasteiger partial charge >= 0.3 is 0 Å². The van der Waals surface area contributed by atoms with Crippen LogP contribution in [0.2, 0.25) is 0 Å². The van der Waals surface area contributed by atoms with Crippen LogP contribution in [0.3, 0.4) is 0 Å². The van der Waals surface area contributed by atoms with Gasteiger partial charge in [-0.1, -0.05) is 27.7 Å². The van der Waals surface area contributed by atoms with E-state index in [0.717, 1.165) is 41.6 Å². The molecule has 0 aliphatic heterocycles. The monoisotopic (exact) mass is 287 g/mol. The van der Waals surface area contributed by atoms with E-state index in [0.29, 0.717) is 0 Å². The molecule has 0 radical (unpaired) electrons. The van der Waals surface area contributed by atoms with E-state index in [9.17, 15) is 0 Å². The number of rotatable bonds is 4. The smallest absolute Gasteiger partial charge is 0.165 e. The van der Waals surface area contributed by atoms with Crippen LogP contribution in [0, 0.1) is 0 Å². The Morgan fingerprint density at radius 2 is 1.90 bits per heavy atom. The van der Waals surface area contributed by atoms with Crippen LogP contribution in [-0.4, -0.2) is 26.3 Å². The van der Waals surface area contributed by atoms with Crippen molar-refractivity contribution in [2.24, 2.45) is 7.05 Å². The summed E-state index contributed by atoms with van der Waals surface area (Å²) in [5.41, 5.74) is 3.04. The number of anilines is 1. The molecule has 0 bridgehead atoms. The van der Waals surface area contributed by atoms with E-state index >= 15 is 0 Å². The lowest BCUT2D eigenvalue weighted by Gasteiger charge is -2.17. The summed E-state index contributed by atoms with van der Waals surface area (Å²) in [4.78, 5) is 9.34. The summed E-state index contributed by atoms with van der Waals surface area (Å²) in [7, 11) is 1.94. The van der Waals surface area contributed by atoms with Crippen LogP contribution in [0.4, 0.5) is 5.82 Å². The summed E-state index contributed by atoms with van der Waals surface area (Å²) in [5, 5.41) is 7.88. The molecular weight excluding hydrogens is 262 g/mol. The molecule has 0 amide bonds. The number of hydrogen-bond donors (Lipinski definition) is 1. The van der Waals surface area contributed by atoms with Gasteiger partial charge in [-0.3, -0.25) is 4.68 Å². The van der Waals surface area contributed by atoms with Gasteiger partial charge in [0.05, 0.1) is 11.3 Å². The zero-order valence-corrected chi connectivity index (χ0v) is 13.9. The van der Waals surface area contributed by atoms with Gasteiger partial charge in [-0.2, -0.15) is 5.10 Å². The van der Waals surface area contributed by atoms with Gasteiger partial charge in [-0.05, 0) is 13.3 Å². The number of aryl methyl sites for hydroxylation is 2. The van der Waals surface area contributed by atoms with Crippen molar-refractivity contribution in [3.8, 4) is 11.4 Å². The topological polar surface area (TPSA) is 55.6 Å². The standard InChI is InChI=1S/C16H25N5/c1-7-11-9-13(17-8-2)19-15(18-11)12-10-21(6)20-14(12)16(3,4)5/h9-10H,7-8H2,1-6H3,(H,17,18,19). The van der Waals surface area contributed by atoms with Crippen molar-refractivity contribution in [2.75, 3.05) is 11.9 Å². The Kier molecular flexibility index (Phi) is 4.30. The predicted octanol–water partition coefficient (Wildman–Crippen LogP) is 3.17. The highest BCUT2D eigenvalue weighted by atomic mass is 15.3. The number of nitrogens with one attached hydrogen (secondary N) is 1. The molecule has 0 aromatic carbocycles. The molecule has 5 nitrogen and oxygen atoms in total. The minimum absolute atomic E-state index is 0.0411. The molecule has 1 N–H and O–H groups in total. The Bertz CT molecular complexity index is 622. The van der Waals surface area contributed by atoms with Crippen LogP contribution in [0.1, 0.15) is 46.0 Å². The van der Waals surface area contributed by atoms with Gasteiger partial charge in [0.25, 0.3) is 0 Å². The van der Waals surface area contributed by atoms with E-state index in [2.05, 4.69) is 55.0 Å². The average molecular weight is 287 g/mol. The molecule has 2 aromatic heterocycles. The first kappa shape index (κ1) is 15.5. The molecule has 2 heterocycles. The Labute approximate surface area is 126 Å². The van der Waals surface area contributed by atoms with Crippen LogP contribution in [0.15, 0.2) is 12.3 Å². The lowest BCUT2D eigenvalue weighted by atomic mass is 9.89. The molecule has 0 saturated carbocycles. The number of aromatic nitrogens is 4. The lowest BCUT2D eigenvalue weighted by Crippen LogP contribution is -2.14. The highest BCUT2D eigenvalue weighted by molar-refractivity contribution is 5.61. The normalized spacial score (nSPS) is 11.7. The fraction of sp³-hybridized carbons (Fsp3) is 0.562. The molecule has 0 unspecified atom stereocenters.